The number of rotatable bonds is 4. The van der Waals surface area contributed by atoms with Crippen LogP contribution in [0.3, 0.4) is 0 Å². The second-order valence-corrected chi connectivity index (χ2v) is 5.31. The van der Waals surface area contributed by atoms with Gasteiger partial charge in [0.25, 0.3) is 0 Å². The number of nitrogen functional groups attached to an aromatic ring is 1. The summed E-state index contributed by atoms with van der Waals surface area (Å²) >= 11 is 1.54. The van der Waals surface area contributed by atoms with Gasteiger partial charge < -0.3 is 10.8 Å². The van der Waals surface area contributed by atoms with E-state index in [1.54, 1.807) is 11.3 Å². The molecular formula is C14H14F3NOS. The highest BCUT2D eigenvalue weighted by Gasteiger charge is 2.31. The minimum atomic E-state index is -4.43. The van der Waals surface area contributed by atoms with Crippen molar-refractivity contribution in [3.8, 4) is 0 Å². The van der Waals surface area contributed by atoms with Crippen molar-refractivity contribution in [1.29, 1.82) is 0 Å². The maximum atomic E-state index is 12.7. The number of halogens is 3. The van der Waals surface area contributed by atoms with Crippen LogP contribution in [0, 0.1) is 0 Å². The standard InChI is InChI=1S/C14H14F3NOS/c15-14(16,17)10-2-3-12(18)11(7-10)13(19)4-1-9-5-6-20-8-9/h2-3,5-8,13,19H,1,4,18H2. The average molecular weight is 301 g/mol. The minimum Gasteiger partial charge on any atom is -0.398 e. The number of hydrogen-bond donors (Lipinski definition) is 2. The molecule has 0 aliphatic rings. The van der Waals surface area contributed by atoms with Crippen molar-refractivity contribution in [3.63, 3.8) is 0 Å². The third-order valence-electron chi connectivity index (χ3n) is 3.06. The number of nitrogens with two attached hydrogens (primary N) is 1. The van der Waals surface area contributed by atoms with Gasteiger partial charge in [-0.2, -0.15) is 24.5 Å². The molecule has 0 spiro atoms. The number of alkyl halides is 3. The van der Waals surface area contributed by atoms with Crippen molar-refractivity contribution >= 4 is 17.0 Å². The van der Waals surface area contributed by atoms with E-state index in [0.29, 0.717) is 12.8 Å². The smallest absolute Gasteiger partial charge is 0.398 e. The molecule has 3 N–H and O–H groups in total. The van der Waals surface area contributed by atoms with Gasteiger partial charge in [-0.1, -0.05) is 0 Å². The molecule has 0 aliphatic carbocycles. The second kappa shape index (κ2) is 5.85. The predicted octanol–water partition coefficient (Wildman–Crippen LogP) is 4.02. The van der Waals surface area contributed by atoms with Crippen molar-refractivity contribution < 1.29 is 18.3 Å². The van der Waals surface area contributed by atoms with Crippen LogP contribution in [-0.4, -0.2) is 5.11 Å². The molecule has 0 amide bonds. The monoisotopic (exact) mass is 301 g/mol. The fourth-order valence-corrected chi connectivity index (χ4v) is 2.64. The molecule has 1 unspecified atom stereocenters. The van der Waals surface area contributed by atoms with E-state index in [2.05, 4.69) is 0 Å². The number of benzene rings is 1. The average Bonchev–Trinajstić information content (AvgIpc) is 2.88. The van der Waals surface area contributed by atoms with Gasteiger partial charge in [-0.15, -0.1) is 0 Å². The predicted molar refractivity (Wildman–Crippen MR) is 73.5 cm³/mol. The first-order chi connectivity index (χ1) is 9.38. The largest absolute Gasteiger partial charge is 0.416 e. The van der Waals surface area contributed by atoms with Gasteiger partial charge in [0.1, 0.15) is 0 Å². The molecule has 1 aromatic carbocycles. The highest BCUT2D eigenvalue weighted by Crippen LogP contribution is 2.34. The summed E-state index contributed by atoms with van der Waals surface area (Å²) in [5.74, 6) is 0. The van der Waals surface area contributed by atoms with Crippen LogP contribution in [0.2, 0.25) is 0 Å². The van der Waals surface area contributed by atoms with Crippen LogP contribution < -0.4 is 5.73 Å². The fourth-order valence-electron chi connectivity index (χ4n) is 1.93. The Hall–Kier alpha value is -1.53. The number of hydrogen-bond acceptors (Lipinski definition) is 3. The Balaban J connectivity index is 2.14. The van der Waals surface area contributed by atoms with Gasteiger partial charge >= 0.3 is 6.18 Å². The normalized spacial score (nSPS) is 13.4. The topological polar surface area (TPSA) is 46.2 Å². The van der Waals surface area contributed by atoms with Crippen LogP contribution in [0.5, 0.6) is 0 Å². The number of anilines is 1. The Morgan fingerprint density at radius 2 is 2.00 bits per heavy atom. The van der Waals surface area contributed by atoms with Crippen molar-refractivity contribution in [3.05, 3.63) is 51.7 Å². The van der Waals surface area contributed by atoms with Gasteiger partial charge in [-0.05, 0) is 53.4 Å². The third kappa shape index (κ3) is 3.52. The van der Waals surface area contributed by atoms with Crippen LogP contribution in [0.25, 0.3) is 0 Å². The molecule has 1 aromatic heterocycles. The van der Waals surface area contributed by atoms with Gasteiger partial charge in [-0.3, -0.25) is 0 Å². The summed E-state index contributed by atoms with van der Waals surface area (Å²) < 4.78 is 38.0. The van der Waals surface area contributed by atoms with E-state index >= 15 is 0 Å². The first-order valence-electron chi connectivity index (χ1n) is 6.03. The van der Waals surface area contributed by atoms with Crippen molar-refractivity contribution in [2.45, 2.75) is 25.1 Å². The molecule has 0 fully saturated rings. The third-order valence-corrected chi connectivity index (χ3v) is 3.79. The zero-order valence-electron chi connectivity index (χ0n) is 10.5. The minimum absolute atomic E-state index is 0.134. The molecule has 1 heterocycles. The van der Waals surface area contributed by atoms with Gasteiger partial charge in [-0.25, -0.2) is 0 Å². The molecule has 2 aromatic rings. The van der Waals surface area contributed by atoms with Gasteiger partial charge in [0, 0.05) is 11.3 Å². The van der Waals surface area contributed by atoms with E-state index in [1.807, 2.05) is 16.8 Å². The fraction of sp³-hybridized carbons (Fsp3) is 0.286. The maximum Gasteiger partial charge on any atom is 0.416 e. The SMILES string of the molecule is Nc1ccc(C(F)(F)F)cc1C(O)CCc1ccsc1. The second-order valence-electron chi connectivity index (χ2n) is 4.53. The molecule has 1 atom stereocenters. The summed E-state index contributed by atoms with van der Waals surface area (Å²) in [4.78, 5) is 0. The molecule has 0 saturated carbocycles. The Morgan fingerprint density at radius 1 is 1.25 bits per heavy atom. The summed E-state index contributed by atoms with van der Waals surface area (Å²) in [6.45, 7) is 0. The Labute approximate surface area is 118 Å². The summed E-state index contributed by atoms with van der Waals surface area (Å²) in [6.07, 6.45) is -4.50. The lowest BCUT2D eigenvalue weighted by Crippen LogP contribution is -2.09. The van der Waals surface area contributed by atoms with Gasteiger partial charge in [0.05, 0.1) is 11.7 Å². The molecular weight excluding hydrogens is 287 g/mol. The zero-order chi connectivity index (χ0) is 14.8. The van der Waals surface area contributed by atoms with Crippen LogP contribution in [0.15, 0.2) is 35.0 Å². The van der Waals surface area contributed by atoms with Crippen molar-refractivity contribution in [2.24, 2.45) is 0 Å². The first-order valence-corrected chi connectivity index (χ1v) is 6.98. The van der Waals surface area contributed by atoms with E-state index in [4.69, 9.17) is 5.73 Å². The highest BCUT2D eigenvalue weighted by molar-refractivity contribution is 7.07. The summed E-state index contributed by atoms with van der Waals surface area (Å²) in [7, 11) is 0. The lowest BCUT2D eigenvalue weighted by molar-refractivity contribution is -0.137. The van der Waals surface area contributed by atoms with Crippen molar-refractivity contribution in [2.75, 3.05) is 5.73 Å². The zero-order valence-corrected chi connectivity index (χ0v) is 11.3. The van der Waals surface area contributed by atoms with Crippen molar-refractivity contribution in [1.82, 2.24) is 0 Å². The van der Waals surface area contributed by atoms with E-state index in [-0.39, 0.29) is 11.3 Å². The van der Waals surface area contributed by atoms with Crippen LogP contribution >= 0.6 is 11.3 Å². The number of thiophene rings is 1. The molecule has 2 nitrogen and oxygen atoms in total. The lowest BCUT2D eigenvalue weighted by atomic mass is 9.99. The first kappa shape index (κ1) is 14.9. The molecule has 0 radical (unpaired) electrons. The quantitative estimate of drug-likeness (QED) is 0.838. The Bertz CT molecular complexity index is 566. The van der Waals surface area contributed by atoms with Gasteiger partial charge in [0.2, 0.25) is 0 Å². The number of aliphatic hydroxyl groups excluding tert-OH is 1. The summed E-state index contributed by atoms with van der Waals surface area (Å²) in [6, 6.07) is 4.96. The lowest BCUT2D eigenvalue weighted by Gasteiger charge is -2.16. The van der Waals surface area contributed by atoms with Crippen LogP contribution in [0.1, 0.15) is 29.2 Å². The van der Waals surface area contributed by atoms with Crippen LogP contribution in [-0.2, 0) is 12.6 Å². The summed E-state index contributed by atoms with van der Waals surface area (Å²) in [5.41, 5.74) is 6.23. The molecule has 0 aliphatic heterocycles. The molecule has 2 rings (SSSR count). The molecule has 108 valence electrons. The molecule has 20 heavy (non-hydrogen) atoms. The van der Waals surface area contributed by atoms with Gasteiger partial charge in [0.15, 0.2) is 0 Å². The Kier molecular flexibility index (Phi) is 4.35. The molecule has 6 heteroatoms. The highest BCUT2D eigenvalue weighted by atomic mass is 32.1. The summed E-state index contributed by atoms with van der Waals surface area (Å²) in [5, 5.41) is 13.9. The maximum absolute atomic E-state index is 12.7. The Morgan fingerprint density at radius 3 is 2.60 bits per heavy atom. The molecule has 0 bridgehead atoms. The van der Waals surface area contributed by atoms with Crippen LogP contribution in [0.4, 0.5) is 18.9 Å². The number of aryl methyl sites for hydroxylation is 1. The van der Waals surface area contributed by atoms with E-state index in [9.17, 15) is 18.3 Å². The van der Waals surface area contributed by atoms with E-state index < -0.39 is 17.8 Å². The van der Waals surface area contributed by atoms with E-state index in [0.717, 1.165) is 17.7 Å². The van der Waals surface area contributed by atoms with E-state index in [1.165, 1.54) is 6.07 Å². The number of aliphatic hydroxyl groups is 1. The molecule has 0 saturated heterocycles.